The van der Waals surface area contributed by atoms with E-state index in [9.17, 15) is 18.0 Å². The van der Waals surface area contributed by atoms with Crippen molar-refractivity contribution in [2.24, 2.45) is 0 Å². The van der Waals surface area contributed by atoms with E-state index in [-0.39, 0.29) is 28.2 Å². The number of carbonyl (C=O) groups excluding carboxylic acids is 2. The molecule has 2 fully saturated rings. The van der Waals surface area contributed by atoms with Gasteiger partial charge in [0.25, 0.3) is 5.91 Å². The number of hydrogen-bond donors (Lipinski definition) is 2. The van der Waals surface area contributed by atoms with Crippen molar-refractivity contribution in [1.82, 2.24) is 9.62 Å². The number of methoxy groups -OCH3 is 1. The molecule has 182 valence electrons. The number of anilines is 2. The van der Waals surface area contributed by atoms with Gasteiger partial charge in [-0.2, -0.15) is 4.31 Å². The van der Waals surface area contributed by atoms with Gasteiger partial charge in [0.05, 0.1) is 13.7 Å². The summed E-state index contributed by atoms with van der Waals surface area (Å²) in [6.45, 7) is 3.96. The lowest BCUT2D eigenvalue weighted by Gasteiger charge is -2.32. The Labute approximate surface area is 200 Å². The Morgan fingerprint density at radius 3 is 2.56 bits per heavy atom. The maximum absolute atomic E-state index is 13.4. The minimum absolute atomic E-state index is 0.00452. The van der Waals surface area contributed by atoms with Crippen molar-refractivity contribution in [3.8, 4) is 5.75 Å². The summed E-state index contributed by atoms with van der Waals surface area (Å²) in [6, 6.07) is 11.5. The second-order valence-electron chi connectivity index (χ2n) is 8.60. The van der Waals surface area contributed by atoms with Crippen LogP contribution in [0.15, 0.2) is 47.4 Å². The van der Waals surface area contributed by atoms with E-state index in [2.05, 4.69) is 10.6 Å². The fourth-order valence-electron chi connectivity index (χ4n) is 4.39. The number of rotatable bonds is 6. The van der Waals surface area contributed by atoms with E-state index in [1.807, 2.05) is 24.0 Å². The summed E-state index contributed by atoms with van der Waals surface area (Å²) in [4.78, 5) is 26.5. The molecule has 1 unspecified atom stereocenters. The second-order valence-corrected chi connectivity index (χ2v) is 10.5. The highest BCUT2D eigenvalue weighted by atomic mass is 32.2. The first-order chi connectivity index (χ1) is 16.3. The molecule has 1 atom stereocenters. The van der Waals surface area contributed by atoms with Crippen molar-refractivity contribution >= 4 is 33.2 Å². The Morgan fingerprint density at radius 1 is 1.12 bits per heavy atom. The van der Waals surface area contributed by atoms with Gasteiger partial charge in [0, 0.05) is 42.6 Å². The molecule has 34 heavy (non-hydrogen) atoms. The molecule has 2 heterocycles. The Balaban J connectivity index is 1.53. The number of hydrogen-bond acceptors (Lipinski definition) is 6. The molecular formula is C24H30N4O5S. The average Bonchev–Trinajstić information content (AvgIpc) is 2.84. The molecule has 9 nitrogen and oxygen atoms in total. The van der Waals surface area contributed by atoms with E-state index in [0.29, 0.717) is 25.3 Å². The predicted octanol–water partition coefficient (Wildman–Crippen LogP) is 2.45. The lowest BCUT2D eigenvalue weighted by atomic mass is 10.1. The molecule has 2 aliphatic heterocycles. The molecule has 2 saturated heterocycles. The van der Waals surface area contributed by atoms with Gasteiger partial charge >= 0.3 is 0 Å². The fourth-order valence-corrected chi connectivity index (χ4v) is 6.28. The standard InChI is InChI=1S/C24H30N4O5S/c1-17-5-3-4-13-28(17)34(31,32)22-15-18(6-11-21(22)33-2)24(30)26-19-7-9-20(10-8-19)27-14-12-25-23(29)16-27/h6-11,15,17H,3-5,12-14,16H2,1-2H3,(H,25,29)(H,26,30). The molecule has 2 aromatic carbocycles. The van der Waals surface area contributed by atoms with Crippen LogP contribution in [0.5, 0.6) is 5.75 Å². The molecule has 0 aromatic heterocycles. The Hall–Kier alpha value is -3.11. The lowest BCUT2D eigenvalue weighted by Crippen LogP contribution is -2.47. The third-order valence-electron chi connectivity index (χ3n) is 6.28. The third kappa shape index (κ3) is 5.02. The molecule has 0 aliphatic carbocycles. The summed E-state index contributed by atoms with van der Waals surface area (Å²) in [6.07, 6.45) is 2.61. The summed E-state index contributed by atoms with van der Waals surface area (Å²) >= 11 is 0. The van der Waals surface area contributed by atoms with Gasteiger partial charge in [-0.15, -0.1) is 0 Å². The van der Waals surface area contributed by atoms with Crippen LogP contribution in [0, 0.1) is 0 Å². The molecule has 2 aromatic rings. The topological polar surface area (TPSA) is 108 Å². The average molecular weight is 487 g/mol. The minimum atomic E-state index is -3.82. The summed E-state index contributed by atoms with van der Waals surface area (Å²) in [5, 5.41) is 5.61. The minimum Gasteiger partial charge on any atom is -0.495 e. The summed E-state index contributed by atoms with van der Waals surface area (Å²) < 4.78 is 33.6. The molecule has 4 rings (SSSR count). The Kier molecular flexibility index (Phi) is 7.08. The summed E-state index contributed by atoms with van der Waals surface area (Å²) in [5.74, 6) is -0.229. The zero-order valence-corrected chi connectivity index (χ0v) is 20.2. The normalized spacial score (nSPS) is 19.4. The summed E-state index contributed by atoms with van der Waals surface area (Å²) in [7, 11) is -2.40. The van der Waals surface area contributed by atoms with Crippen LogP contribution in [0.25, 0.3) is 0 Å². The van der Waals surface area contributed by atoms with Crippen LogP contribution in [0.3, 0.4) is 0 Å². The highest BCUT2D eigenvalue weighted by Gasteiger charge is 2.33. The van der Waals surface area contributed by atoms with Crippen LogP contribution < -0.4 is 20.3 Å². The molecule has 10 heteroatoms. The number of amides is 2. The highest BCUT2D eigenvalue weighted by molar-refractivity contribution is 7.89. The first-order valence-electron chi connectivity index (χ1n) is 11.4. The van der Waals surface area contributed by atoms with Crippen molar-refractivity contribution in [3.05, 3.63) is 48.0 Å². The van der Waals surface area contributed by atoms with Gasteiger partial charge in [0.2, 0.25) is 15.9 Å². The number of piperidine rings is 1. The smallest absolute Gasteiger partial charge is 0.255 e. The SMILES string of the molecule is COc1ccc(C(=O)Nc2ccc(N3CCNC(=O)C3)cc2)cc1S(=O)(=O)N1CCCCC1C. The summed E-state index contributed by atoms with van der Waals surface area (Å²) in [5.41, 5.74) is 1.68. The number of benzene rings is 2. The number of nitrogens with zero attached hydrogens (tertiary/aromatic N) is 2. The van der Waals surface area contributed by atoms with Crippen molar-refractivity contribution in [2.75, 3.05) is 43.5 Å². The van der Waals surface area contributed by atoms with E-state index >= 15 is 0 Å². The molecule has 2 amide bonds. The first-order valence-corrected chi connectivity index (χ1v) is 12.9. The number of ether oxygens (including phenoxy) is 1. The predicted molar refractivity (Wildman–Crippen MR) is 130 cm³/mol. The third-order valence-corrected chi connectivity index (χ3v) is 8.32. The van der Waals surface area contributed by atoms with Crippen LogP contribution in [-0.2, 0) is 14.8 Å². The van der Waals surface area contributed by atoms with Gasteiger partial charge < -0.3 is 20.3 Å². The van der Waals surface area contributed by atoms with Crippen LogP contribution in [0.1, 0.15) is 36.5 Å². The largest absolute Gasteiger partial charge is 0.495 e. The van der Waals surface area contributed by atoms with Crippen molar-refractivity contribution in [2.45, 2.75) is 37.1 Å². The molecule has 0 saturated carbocycles. The van der Waals surface area contributed by atoms with Gasteiger partial charge in [0.15, 0.2) is 0 Å². The van der Waals surface area contributed by atoms with E-state index in [1.165, 1.54) is 23.5 Å². The van der Waals surface area contributed by atoms with Gasteiger partial charge in [-0.3, -0.25) is 9.59 Å². The van der Waals surface area contributed by atoms with Crippen LogP contribution in [0.4, 0.5) is 11.4 Å². The zero-order valence-electron chi connectivity index (χ0n) is 19.4. The Bertz CT molecular complexity index is 1170. The number of carbonyl (C=O) groups is 2. The maximum Gasteiger partial charge on any atom is 0.255 e. The van der Waals surface area contributed by atoms with Crippen LogP contribution in [-0.4, -0.2) is 63.9 Å². The zero-order chi connectivity index (χ0) is 24.3. The van der Waals surface area contributed by atoms with E-state index < -0.39 is 15.9 Å². The van der Waals surface area contributed by atoms with Crippen LogP contribution >= 0.6 is 0 Å². The van der Waals surface area contributed by atoms with Gasteiger partial charge in [-0.05, 0) is 62.2 Å². The quantitative estimate of drug-likeness (QED) is 0.649. The number of sulfonamides is 1. The maximum atomic E-state index is 13.4. The van der Waals surface area contributed by atoms with E-state index in [0.717, 1.165) is 31.5 Å². The first kappa shape index (κ1) is 24.0. The highest BCUT2D eigenvalue weighted by Crippen LogP contribution is 2.32. The molecule has 0 bridgehead atoms. The van der Waals surface area contributed by atoms with Crippen molar-refractivity contribution in [3.63, 3.8) is 0 Å². The molecule has 2 aliphatic rings. The lowest BCUT2D eigenvalue weighted by molar-refractivity contribution is -0.120. The molecule has 0 radical (unpaired) electrons. The fraction of sp³-hybridized carbons (Fsp3) is 0.417. The van der Waals surface area contributed by atoms with Crippen molar-refractivity contribution in [1.29, 1.82) is 0 Å². The Morgan fingerprint density at radius 2 is 1.88 bits per heavy atom. The number of nitrogens with one attached hydrogen (secondary N) is 2. The monoisotopic (exact) mass is 486 g/mol. The molecular weight excluding hydrogens is 456 g/mol. The van der Waals surface area contributed by atoms with E-state index in [4.69, 9.17) is 4.74 Å². The van der Waals surface area contributed by atoms with Gasteiger partial charge in [0.1, 0.15) is 10.6 Å². The van der Waals surface area contributed by atoms with Crippen LogP contribution in [0.2, 0.25) is 0 Å². The molecule has 2 N–H and O–H groups in total. The molecule has 0 spiro atoms. The second kappa shape index (κ2) is 10.0. The van der Waals surface area contributed by atoms with Crippen molar-refractivity contribution < 1.29 is 22.7 Å². The van der Waals surface area contributed by atoms with Gasteiger partial charge in [-0.25, -0.2) is 8.42 Å². The van der Waals surface area contributed by atoms with E-state index in [1.54, 1.807) is 18.2 Å². The van der Waals surface area contributed by atoms with Gasteiger partial charge in [-0.1, -0.05) is 6.42 Å². The number of piperazine rings is 1.